The van der Waals surface area contributed by atoms with Crippen molar-refractivity contribution in [1.82, 2.24) is 5.06 Å². The van der Waals surface area contributed by atoms with Crippen molar-refractivity contribution in [2.24, 2.45) is 0 Å². The van der Waals surface area contributed by atoms with Crippen LogP contribution in [0.15, 0.2) is 48.5 Å². The molecular weight excluding hydrogens is 326 g/mol. The summed E-state index contributed by atoms with van der Waals surface area (Å²) in [5.41, 5.74) is 1.73. The molecule has 0 aromatic heterocycles. The second kappa shape index (κ2) is 7.69. The monoisotopic (exact) mass is 345 g/mol. The van der Waals surface area contributed by atoms with Gasteiger partial charge in [-0.05, 0) is 42.2 Å². The van der Waals surface area contributed by atoms with Gasteiger partial charge in [0, 0.05) is 23.9 Å². The quantitative estimate of drug-likeness (QED) is 0.906. The van der Waals surface area contributed by atoms with Crippen LogP contribution in [0.25, 0.3) is 0 Å². The van der Waals surface area contributed by atoms with Gasteiger partial charge in [-0.1, -0.05) is 41.9 Å². The van der Waals surface area contributed by atoms with Crippen LogP contribution in [0.4, 0.5) is 0 Å². The summed E-state index contributed by atoms with van der Waals surface area (Å²) in [6, 6.07) is 14.5. The predicted molar refractivity (Wildman–Crippen MR) is 92.9 cm³/mol. The first kappa shape index (κ1) is 16.8. The number of carbonyl (C=O) groups excluding carboxylic acids is 1. The summed E-state index contributed by atoms with van der Waals surface area (Å²) >= 11 is 6.36. The molecule has 0 aliphatic carbocycles. The Balaban J connectivity index is 1.90. The normalized spacial score (nSPS) is 16.0. The largest absolute Gasteiger partial charge is 0.508 e. The lowest BCUT2D eigenvalue weighted by atomic mass is 9.88. The Hall–Kier alpha value is -2.04. The first-order chi connectivity index (χ1) is 11.6. The Kier molecular flexibility index (Phi) is 5.38. The minimum absolute atomic E-state index is 0.0667. The molecule has 2 aromatic carbocycles. The topological polar surface area (TPSA) is 49.8 Å². The van der Waals surface area contributed by atoms with Gasteiger partial charge in [0.25, 0.3) is 0 Å². The zero-order chi connectivity index (χ0) is 16.9. The molecule has 2 aromatic rings. The van der Waals surface area contributed by atoms with E-state index in [4.69, 9.17) is 16.4 Å². The Morgan fingerprint density at radius 2 is 2.04 bits per heavy atom. The fraction of sp³-hybridized carbons (Fsp3) is 0.316. The van der Waals surface area contributed by atoms with E-state index in [1.165, 1.54) is 5.06 Å². The molecule has 1 aliphatic rings. The molecule has 1 unspecified atom stereocenters. The second-order valence-corrected chi connectivity index (χ2v) is 6.32. The van der Waals surface area contributed by atoms with Crippen LogP contribution in [0.5, 0.6) is 5.75 Å². The summed E-state index contributed by atoms with van der Waals surface area (Å²) in [4.78, 5) is 18.1. The van der Waals surface area contributed by atoms with Gasteiger partial charge in [-0.2, -0.15) is 0 Å². The lowest BCUT2D eigenvalue weighted by molar-refractivity contribution is -0.197. The number of amides is 1. The van der Waals surface area contributed by atoms with Crippen LogP contribution < -0.4 is 0 Å². The number of phenols is 1. The second-order valence-electron chi connectivity index (χ2n) is 5.91. The van der Waals surface area contributed by atoms with E-state index in [1.54, 1.807) is 18.2 Å². The molecule has 1 atom stereocenters. The minimum atomic E-state index is -0.233. The van der Waals surface area contributed by atoms with Gasteiger partial charge in [-0.25, -0.2) is 5.06 Å². The maximum absolute atomic E-state index is 12.6. The molecule has 1 aliphatic heterocycles. The highest BCUT2D eigenvalue weighted by Crippen LogP contribution is 2.34. The summed E-state index contributed by atoms with van der Waals surface area (Å²) in [5.74, 6) is -0.127. The maximum Gasteiger partial charge on any atom is 0.247 e. The molecule has 1 amide bonds. The molecule has 4 nitrogen and oxygen atoms in total. The molecule has 1 N–H and O–H groups in total. The number of phenolic OH excluding ortho intramolecular Hbond substituents is 1. The third kappa shape index (κ3) is 3.89. The van der Waals surface area contributed by atoms with Crippen molar-refractivity contribution in [2.45, 2.75) is 25.2 Å². The molecule has 126 valence electrons. The molecule has 0 spiro atoms. The third-order valence-corrected chi connectivity index (χ3v) is 4.56. The molecule has 1 heterocycles. The highest BCUT2D eigenvalue weighted by molar-refractivity contribution is 6.31. The minimum Gasteiger partial charge on any atom is -0.508 e. The van der Waals surface area contributed by atoms with Gasteiger partial charge in [0.2, 0.25) is 5.91 Å². The Morgan fingerprint density at radius 1 is 1.21 bits per heavy atom. The molecule has 1 fully saturated rings. The molecule has 3 rings (SSSR count). The molecule has 1 saturated heterocycles. The van der Waals surface area contributed by atoms with E-state index in [0.717, 1.165) is 24.0 Å². The van der Waals surface area contributed by atoms with Crippen LogP contribution in [0.2, 0.25) is 5.02 Å². The number of carbonyl (C=O) groups is 1. The van der Waals surface area contributed by atoms with E-state index in [0.29, 0.717) is 18.2 Å². The lowest BCUT2D eigenvalue weighted by Gasteiger charge is -2.28. The van der Waals surface area contributed by atoms with Crippen molar-refractivity contribution in [2.75, 3.05) is 13.2 Å². The summed E-state index contributed by atoms with van der Waals surface area (Å²) in [6.07, 6.45) is 2.17. The first-order valence-corrected chi connectivity index (χ1v) is 8.49. The summed E-state index contributed by atoms with van der Waals surface area (Å²) in [6.45, 7) is 1.20. The molecule has 0 bridgehead atoms. The Labute approximate surface area is 146 Å². The average Bonchev–Trinajstić information content (AvgIpc) is 2.61. The molecule has 0 saturated carbocycles. The maximum atomic E-state index is 12.6. The van der Waals surface area contributed by atoms with Gasteiger partial charge in [0.1, 0.15) is 5.75 Å². The number of rotatable bonds is 4. The smallest absolute Gasteiger partial charge is 0.247 e. The van der Waals surface area contributed by atoms with E-state index in [9.17, 15) is 9.90 Å². The SMILES string of the molecule is O=C(CC(c1cccc(O)c1)c1ccccc1Cl)N1CCCCO1. The Morgan fingerprint density at radius 3 is 2.75 bits per heavy atom. The van der Waals surface area contributed by atoms with Crippen molar-refractivity contribution in [3.05, 3.63) is 64.7 Å². The number of benzene rings is 2. The first-order valence-electron chi connectivity index (χ1n) is 8.12. The van der Waals surface area contributed by atoms with E-state index < -0.39 is 0 Å². The molecular formula is C19H20ClNO3. The standard InChI is InChI=1S/C19H20ClNO3/c20-18-9-2-1-8-16(18)17(14-6-5-7-15(22)12-14)13-19(23)21-10-3-4-11-24-21/h1-2,5-9,12,17,22H,3-4,10-11,13H2. The van der Waals surface area contributed by atoms with Gasteiger partial charge >= 0.3 is 0 Å². The van der Waals surface area contributed by atoms with Gasteiger partial charge in [-0.15, -0.1) is 0 Å². The lowest BCUT2D eigenvalue weighted by Crippen LogP contribution is -2.36. The van der Waals surface area contributed by atoms with Crippen LogP contribution in [-0.2, 0) is 9.63 Å². The van der Waals surface area contributed by atoms with E-state index >= 15 is 0 Å². The number of hydroxylamine groups is 2. The van der Waals surface area contributed by atoms with Crippen molar-refractivity contribution in [3.8, 4) is 5.75 Å². The average molecular weight is 346 g/mol. The number of aromatic hydroxyl groups is 1. The highest BCUT2D eigenvalue weighted by atomic mass is 35.5. The Bertz CT molecular complexity index is 713. The zero-order valence-corrected chi connectivity index (χ0v) is 14.1. The van der Waals surface area contributed by atoms with E-state index in [2.05, 4.69) is 0 Å². The zero-order valence-electron chi connectivity index (χ0n) is 13.3. The van der Waals surface area contributed by atoms with Crippen molar-refractivity contribution in [3.63, 3.8) is 0 Å². The van der Waals surface area contributed by atoms with Gasteiger partial charge in [0.05, 0.1) is 6.61 Å². The summed E-state index contributed by atoms with van der Waals surface area (Å²) in [5, 5.41) is 11.9. The van der Waals surface area contributed by atoms with Crippen molar-refractivity contribution in [1.29, 1.82) is 0 Å². The molecule has 24 heavy (non-hydrogen) atoms. The van der Waals surface area contributed by atoms with Crippen LogP contribution in [0.3, 0.4) is 0 Å². The van der Waals surface area contributed by atoms with Gasteiger partial charge in [-0.3, -0.25) is 9.63 Å². The van der Waals surface area contributed by atoms with Crippen LogP contribution in [0.1, 0.15) is 36.3 Å². The van der Waals surface area contributed by atoms with E-state index in [1.807, 2.05) is 30.3 Å². The summed E-state index contributed by atoms with van der Waals surface area (Å²) in [7, 11) is 0. The fourth-order valence-corrected chi connectivity index (χ4v) is 3.24. The molecule has 0 radical (unpaired) electrons. The fourth-order valence-electron chi connectivity index (χ4n) is 2.98. The third-order valence-electron chi connectivity index (χ3n) is 4.21. The number of hydrogen-bond acceptors (Lipinski definition) is 3. The van der Waals surface area contributed by atoms with Crippen LogP contribution >= 0.6 is 11.6 Å². The van der Waals surface area contributed by atoms with Crippen LogP contribution in [-0.4, -0.2) is 29.2 Å². The van der Waals surface area contributed by atoms with Crippen molar-refractivity contribution < 1.29 is 14.7 Å². The van der Waals surface area contributed by atoms with Crippen molar-refractivity contribution >= 4 is 17.5 Å². The van der Waals surface area contributed by atoms with Crippen LogP contribution in [0, 0.1) is 0 Å². The van der Waals surface area contributed by atoms with Gasteiger partial charge in [0.15, 0.2) is 0 Å². The summed E-state index contributed by atoms with van der Waals surface area (Å²) < 4.78 is 0. The predicted octanol–water partition coefficient (Wildman–Crippen LogP) is 4.12. The number of hydrogen-bond donors (Lipinski definition) is 1. The van der Waals surface area contributed by atoms with Gasteiger partial charge < -0.3 is 5.11 Å². The highest BCUT2D eigenvalue weighted by Gasteiger charge is 2.25. The number of nitrogens with zero attached hydrogens (tertiary/aromatic N) is 1. The molecule has 5 heteroatoms. The number of halogens is 1. The van der Waals surface area contributed by atoms with E-state index in [-0.39, 0.29) is 24.0 Å².